The SMILES string of the molecule is CC(=O)Nc1c(-c2ccc(C)cc2)c(C)nn1-c1ccc(C(=O)NCc2cccs2)cc1. The summed E-state index contributed by atoms with van der Waals surface area (Å²) >= 11 is 1.61. The zero-order valence-corrected chi connectivity index (χ0v) is 19.0. The Bertz CT molecular complexity index is 1240. The van der Waals surface area contributed by atoms with Crippen molar-refractivity contribution in [1.29, 1.82) is 0 Å². The number of amides is 2. The predicted molar refractivity (Wildman–Crippen MR) is 128 cm³/mol. The predicted octanol–water partition coefficient (Wildman–Crippen LogP) is 5.11. The summed E-state index contributed by atoms with van der Waals surface area (Å²) in [6.07, 6.45) is 0. The number of hydrogen-bond donors (Lipinski definition) is 2. The van der Waals surface area contributed by atoms with Gasteiger partial charge in [0, 0.05) is 22.9 Å². The summed E-state index contributed by atoms with van der Waals surface area (Å²) in [7, 11) is 0. The summed E-state index contributed by atoms with van der Waals surface area (Å²) in [5.74, 6) is 0.293. The van der Waals surface area contributed by atoms with Crippen LogP contribution in [0.15, 0.2) is 66.0 Å². The Morgan fingerprint density at radius 3 is 2.34 bits per heavy atom. The molecule has 0 aliphatic carbocycles. The van der Waals surface area contributed by atoms with Crippen molar-refractivity contribution in [1.82, 2.24) is 15.1 Å². The lowest BCUT2D eigenvalue weighted by Crippen LogP contribution is -2.22. The van der Waals surface area contributed by atoms with Gasteiger partial charge in [-0.1, -0.05) is 35.9 Å². The van der Waals surface area contributed by atoms with E-state index in [4.69, 9.17) is 0 Å². The fraction of sp³-hybridized carbons (Fsp3) is 0.160. The van der Waals surface area contributed by atoms with Crippen LogP contribution in [0.25, 0.3) is 16.8 Å². The molecule has 0 spiro atoms. The van der Waals surface area contributed by atoms with Crippen molar-refractivity contribution in [2.75, 3.05) is 5.32 Å². The second-order valence-corrected chi connectivity index (χ2v) is 8.61. The number of thiophene rings is 1. The number of carbonyl (C=O) groups excluding carboxylic acids is 2. The molecule has 2 aromatic heterocycles. The van der Waals surface area contributed by atoms with Crippen molar-refractivity contribution < 1.29 is 9.59 Å². The van der Waals surface area contributed by atoms with Crippen molar-refractivity contribution >= 4 is 29.0 Å². The van der Waals surface area contributed by atoms with Crippen LogP contribution in [0.1, 0.15) is 33.4 Å². The van der Waals surface area contributed by atoms with E-state index >= 15 is 0 Å². The van der Waals surface area contributed by atoms with E-state index < -0.39 is 0 Å². The van der Waals surface area contributed by atoms with Gasteiger partial charge in [-0.3, -0.25) is 9.59 Å². The summed E-state index contributed by atoms with van der Waals surface area (Å²) in [4.78, 5) is 25.5. The van der Waals surface area contributed by atoms with E-state index in [1.54, 1.807) is 28.2 Å². The zero-order valence-electron chi connectivity index (χ0n) is 18.2. The Balaban J connectivity index is 1.64. The fourth-order valence-corrected chi connectivity index (χ4v) is 4.14. The third kappa shape index (κ3) is 4.63. The third-order valence-corrected chi connectivity index (χ3v) is 5.95. The van der Waals surface area contributed by atoms with E-state index in [1.807, 2.05) is 67.8 Å². The maximum atomic E-state index is 12.5. The smallest absolute Gasteiger partial charge is 0.251 e. The monoisotopic (exact) mass is 444 g/mol. The van der Waals surface area contributed by atoms with E-state index in [9.17, 15) is 9.59 Å². The minimum absolute atomic E-state index is 0.135. The van der Waals surface area contributed by atoms with Crippen LogP contribution in [0.3, 0.4) is 0 Å². The molecular formula is C25H24N4O2S. The van der Waals surface area contributed by atoms with Crippen molar-refractivity contribution in [3.8, 4) is 16.8 Å². The van der Waals surface area contributed by atoms with E-state index in [0.29, 0.717) is 17.9 Å². The second-order valence-electron chi connectivity index (χ2n) is 7.58. The van der Waals surface area contributed by atoms with Crippen molar-refractivity contribution in [2.24, 2.45) is 0 Å². The second kappa shape index (κ2) is 9.20. The number of rotatable bonds is 6. The molecule has 4 aromatic rings. The summed E-state index contributed by atoms with van der Waals surface area (Å²) < 4.78 is 1.71. The molecule has 2 amide bonds. The normalized spacial score (nSPS) is 10.7. The Kier molecular flexibility index (Phi) is 6.18. The van der Waals surface area contributed by atoms with Crippen LogP contribution in [0.4, 0.5) is 5.82 Å². The van der Waals surface area contributed by atoms with Gasteiger partial charge in [0.15, 0.2) is 0 Å². The Morgan fingerprint density at radius 1 is 1.00 bits per heavy atom. The lowest BCUT2D eigenvalue weighted by atomic mass is 10.0. The van der Waals surface area contributed by atoms with Gasteiger partial charge in [-0.05, 0) is 55.1 Å². The molecule has 0 saturated carbocycles. The van der Waals surface area contributed by atoms with E-state index in [-0.39, 0.29) is 11.8 Å². The average Bonchev–Trinajstić information content (AvgIpc) is 3.41. The van der Waals surface area contributed by atoms with Gasteiger partial charge in [0.25, 0.3) is 5.91 Å². The maximum absolute atomic E-state index is 12.5. The minimum Gasteiger partial charge on any atom is -0.347 e. The van der Waals surface area contributed by atoms with Crippen LogP contribution in [0, 0.1) is 13.8 Å². The number of carbonyl (C=O) groups is 2. The first-order chi connectivity index (χ1) is 15.4. The molecule has 0 saturated heterocycles. The van der Waals surface area contributed by atoms with Crippen LogP contribution in [-0.2, 0) is 11.3 Å². The van der Waals surface area contributed by atoms with E-state index in [1.165, 1.54) is 6.92 Å². The fourth-order valence-electron chi connectivity index (χ4n) is 3.50. The highest BCUT2D eigenvalue weighted by Gasteiger charge is 2.19. The van der Waals surface area contributed by atoms with Gasteiger partial charge >= 0.3 is 0 Å². The highest BCUT2D eigenvalue weighted by Crippen LogP contribution is 2.33. The number of aryl methyl sites for hydroxylation is 2. The molecule has 0 radical (unpaired) electrons. The average molecular weight is 445 g/mol. The highest BCUT2D eigenvalue weighted by atomic mass is 32.1. The van der Waals surface area contributed by atoms with E-state index in [0.717, 1.165) is 32.9 Å². The first-order valence-electron chi connectivity index (χ1n) is 10.3. The molecule has 0 unspecified atom stereocenters. The maximum Gasteiger partial charge on any atom is 0.251 e. The summed E-state index contributed by atoms with van der Waals surface area (Å²) in [6.45, 7) is 5.94. The number of nitrogens with zero attached hydrogens (tertiary/aromatic N) is 2. The molecular weight excluding hydrogens is 420 g/mol. The molecule has 4 rings (SSSR count). The Hall–Kier alpha value is -3.71. The van der Waals surface area contributed by atoms with Gasteiger partial charge in [0.05, 0.1) is 17.9 Å². The molecule has 0 atom stereocenters. The summed E-state index contributed by atoms with van der Waals surface area (Å²) in [6, 6.07) is 19.3. The summed E-state index contributed by atoms with van der Waals surface area (Å²) in [5, 5.41) is 12.5. The number of nitrogens with one attached hydrogen (secondary N) is 2. The van der Waals surface area contributed by atoms with Crippen LogP contribution in [-0.4, -0.2) is 21.6 Å². The number of benzene rings is 2. The molecule has 162 valence electrons. The molecule has 32 heavy (non-hydrogen) atoms. The quantitative estimate of drug-likeness (QED) is 0.434. The molecule has 6 nitrogen and oxygen atoms in total. The molecule has 2 aromatic carbocycles. The largest absolute Gasteiger partial charge is 0.347 e. The van der Waals surface area contributed by atoms with Crippen LogP contribution in [0.5, 0.6) is 0 Å². The molecule has 0 fully saturated rings. The Labute approximate surface area is 190 Å². The molecule has 0 aliphatic heterocycles. The lowest BCUT2D eigenvalue weighted by Gasteiger charge is -2.11. The van der Waals surface area contributed by atoms with Gasteiger partial charge in [-0.15, -0.1) is 11.3 Å². The van der Waals surface area contributed by atoms with Crippen molar-refractivity contribution in [3.05, 3.63) is 87.7 Å². The summed E-state index contributed by atoms with van der Waals surface area (Å²) in [5.41, 5.74) is 5.13. The van der Waals surface area contributed by atoms with E-state index in [2.05, 4.69) is 15.7 Å². The Morgan fingerprint density at radius 2 is 1.72 bits per heavy atom. The minimum atomic E-state index is -0.177. The van der Waals surface area contributed by atoms with Crippen LogP contribution in [0.2, 0.25) is 0 Å². The van der Waals surface area contributed by atoms with Crippen molar-refractivity contribution in [2.45, 2.75) is 27.3 Å². The highest BCUT2D eigenvalue weighted by molar-refractivity contribution is 7.09. The zero-order chi connectivity index (χ0) is 22.7. The molecule has 0 aliphatic rings. The topological polar surface area (TPSA) is 76.0 Å². The van der Waals surface area contributed by atoms with Gasteiger partial charge in [-0.2, -0.15) is 5.10 Å². The number of hydrogen-bond acceptors (Lipinski definition) is 4. The first kappa shape index (κ1) is 21.5. The molecule has 0 bridgehead atoms. The number of anilines is 1. The van der Waals surface area contributed by atoms with Crippen molar-refractivity contribution in [3.63, 3.8) is 0 Å². The van der Waals surface area contributed by atoms with Crippen LogP contribution < -0.4 is 10.6 Å². The lowest BCUT2D eigenvalue weighted by molar-refractivity contribution is -0.114. The third-order valence-electron chi connectivity index (χ3n) is 5.07. The molecule has 2 N–H and O–H groups in total. The number of aromatic nitrogens is 2. The van der Waals surface area contributed by atoms with Crippen LogP contribution >= 0.6 is 11.3 Å². The first-order valence-corrected chi connectivity index (χ1v) is 11.2. The van der Waals surface area contributed by atoms with Gasteiger partial charge in [0.1, 0.15) is 5.82 Å². The van der Waals surface area contributed by atoms with Gasteiger partial charge in [0.2, 0.25) is 5.91 Å². The van der Waals surface area contributed by atoms with Gasteiger partial charge < -0.3 is 10.6 Å². The molecule has 2 heterocycles. The standard InChI is InChI=1S/C25H24N4O2S/c1-16-6-8-19(9-7-16)23-17(2)28-29(24(23)27-18(3)30)21-12-10-20(11-13-21)25(31)26-15-22-5-4-14-32-22/h4-14H,15H2,1-3H3,(H,26,31)(H,27,30). The van der Waals surface area contributed by atoms with Gasteiger partial charge in [-0.25, -0.2) is 4.68 Å². The molecule has 7 heteroatoms.